The Morgan fingerprint density at radius 3 is 1.85 bits per heavy atom. The lowest BCUT2D eigenvalue weighted by molar-refractivity contribution is 0.0313. The predicted octanol–water partition coefficient (Wildman–Crippen LogP) is 4.37. The zero-order valence-corrected chi connectivity index (χ0v) is 15.5. The van der Waals surface area contributed by atoms with E-state index in [1.54, 1.807) is 24.3 Å². The van der Waals surface area contributed by atoms with Crippen LogP contribution in [0.15, 0.2) is 48.5 Å². The van der Waals surface area contributed by atoms with Crippen LogP contribution < -0.4 is 0 Å². The SMILES string of the molecule is CC(C)C1CN(C(=O)O)CCN1C(c1ccc(F)cc1)c1ccc(F)cc1. The van der Waals surface area contributed by atoms with E-state index < -0.39 is 6.09 Å². The van der Waals surface area contributed by atoms with Gasteiger partial charge in [-0.25, -0.2) is 13.6 Å². The predicted molar refractivity (Wildman–Crippen MR) is 99.6 cm³/mol. The normalized spacial score (nSPS) is 18.3. The average molecular weight is 374 g/mol. The van der Waals surface area contributed by atoms with Gasteiger partial charge < -0.3 is 10.0 Å². The second-order valence-electron chi connectivity index (χ2n) is 7.28. The second-order valence-corrected chi connectivity index (χ2v) is 7.28. The van der Waals surface area contributed by atoms with Crippen molar-refractivity contribution in [1.82, 2.24) is 9.80 Å². The van der Waals surface area contributed by atoms with Gasteiger partial charge in [-0.1, -0.05) is 38.1 Å². The number of carbonyl (C=O) groups is 1. The summed E-state index contributed by atoms with van der Waals surface area (Å²) in [5.74, 6) is -0.407. The number of piperazine rings is 1. The summed E-state index contributed by atoms with van der Waals surface area (Å²) in [7, 11) is 0. The van der Waals surface area contributed by atoms with Crippen molar-refractivity contribution in [1.29, 1.82) is 0 Å². The molecule has 27 heavy (non-hydrogen) atoms. The van der Waals surface area contributed by atoms with Gasteiger partial charge in [0.25, 0.3) is 0 Å². The Hall–Kier alpha value is -2.47. The van der Waals surface area contributed by atoms with Crippen LogP contribution in [0.25, 0.3) is 0 Å². The Labute approximate surface area is 158 Å². The number of hydrogen-bond donors (Lipinski definition) is 1. The first kappa shape index (κ1) is 19.3. The Kier molecular flexibility index (Phi) is 5.75. The van der Waals surface area contributed by atoms with Gasteiger partial charge in [-0.15, -0.1) is 0 Å². The zero-order chi connectivity index (χ0) is 19.6. The monoisotopic (exact) mass is 374 g/mol. The number of amides is 1. The number of nitrogens with zero attached hydrogens (tertiary/aromatic N) is 2. The molecule has 0 aromatic heterocycles. The minimum Gasteiger partial charge on any atom is -0.465 e. The molecule has 0 radical (unpaired) electrons. The fraction of sp³-hybridized carbons (Fsp3) is 0.381. The van der Waals surface area contributed by atoms with Crippen LogP contribution >= 0.6 is 0 Å². The third kappa shape index (κ3) is 4.27. The van der Waals surface area contributed by atoms with Crippen molar-refractivity contribution in [3.8, 4) is 0 Å². The fourth-order valence-electron chi connectivity index (χ4n) is 3.78. The van der Waals surface area contributed by atoms with Crippen LogP contribution in [0.4, 0.5) is 13.6 Å². The minimum atomic E-state index is -0.916. The zero-order valence-electron chi connectivity index (χ0n) is 15.5. The van der Waals surface area contributed by atoms with E-state index in [1.807, 2.05) is 0 Å². The molecular weight excluding hydrogens is 350 g/mol. The fourth-order valence-corrected chi connectivity index (χ4v) is 3.78. The molecule has 0 aliphatic carbocycles. The summed E-state index contributed by atoms with van der Waals surface area (Å²) in [4.78, 5) is 15.1. The van der Waals surface area contributed by atoms with Crippen LogP contribution in [0.2, 0.25) is 0 Å². The van der Waals surface area contributed by atoms with Crippen LogP contribution in [-0.4, -0.2) is 46.7 Å². The van der Waals surface area contributed by atoms with Crippen molar-refractivity contribution in [3.05, 3.63) is 71.3 Å². The molecule has 0 spiro atoms. The van der Waals surface area contributed by atoms with Crippen molar-refractivity contribution in [2.75, 3.05) is 19.6 Å². The molecule has 2 aromatic rings. The highest BCUT2D eigenvalue weighted by molar-refractivity contribution is 5.65. The maximum Gasteiger partial charge on any atom is 0.407 e. The topological polar surface area (TPSA) is 43.8 Å². The van der Waals surface area contributed by atoms with Gasteiger partial charge >= 0.3 is 6.09 Å². The first-order chi connectivity index (χ1) is 12.9. The molecule has 1 fully saturated rings. The first-order valence-corrected chi connectivity index (χ1v) is 9.11. The molecule has 1 unspecified atom stereocenters. The van der Waals surface area contributed by atoms with E-state index in [0.29, 0.717) is 19.6 Å². The highest BCUT2D eigenvalue weighted by Gasteiger charge is 2.36. The van der Waals surface area contributed by atoms with Crippen molar-refractivity contribution in [3.63, 3.8) is 0 Å². The highest BCUT2D eigenvalue weighted by Crippen LogP contribution is 2.34. The molecule has 1 heterocycles. The number of halogens is 2. The van der Waals surface area contributed by atoms with Gasteiger partial charge in [0.05, 0.1) is 6.04 Å². The van der Waals surface area contributed by atoms with Gasteiger partial charge in [0.1, 0.15) is 11.6 Å². The third-order valence-electron chi connectivity index (χ3n) is 5.20. The Morgan fingerprint density at radius 2 is 1.44 bits per heavy atom. The van der Waals surface area contributed by atoms with Crippen LogP contribution in [0.1, 0.15) is 31.0 Å². The molecule has 0 saturated carbocycles. The standard InChI is InChI=1S/C21H24F2N2O2/c1-14(2)19-13-24(21(26)27)11-12-25(19)20(15-3-7-17(22)8-4-15)16-5-9-18(23)10-6-16/h3-10,14,19-20H,11-13H2,1-2H3,(H,26,27). The van der Waals surface area contributed by atoms with E-state index in [2.05, 4.69) is 18.7 Å². The number of benzene rings is 2. The lowest BCUT2D eigenvalue weighted by Gasteiger charge is -2.46. The Bertz CT molecular complexity index is 732. The molecule has 144 valence electrons. The summed E-state index contributed by atoms with van der Waals surface area (Å²) < 4.78 is 26.9. The van der Waals surface area contributed by atoms with Gasteiger partial charge in [0, 0.05) is 25.7 Å². The molecule has 4 nitrogen and oxygen atoms in total. The van der Waals surface area contributed by atoms with Crippen LogP contribution in [0.3, 0.4) is 0 Å². The van der Waals surface area contributed by atoms with Gasteiger partial charge in [-0.3, -0.25) is 4.90 Å². The van der Waals surface area contributed by atoms with Gasteiger partial charge in [0.2, 0.25) is 0 Å². The summed E-state index contributed by atoms with van der Waals surface area (Å²) in [6.07, 6.45) is -0.916. The first-order valence-electron chi connectivity index (χ1n) is 9.11. The summed E-state index contributed by atoms with van der Waals surface area (Å²) in [6, 6.07) is 12.4. The van der Waals surface area contributed by atoms with Gasteiger partial charge in [-0.2, -0.15) is 0 Å². The van der Waals surface area contributed by atoms with E-state index in [0.717, 1.165) is 11.1 Å². The van der Waals surface area contributed by atoms with Crippen LogP contribution in [0.5, 0.6) is 0 Å². The molecule has 1 atom stereocenters. The molecular formula is C21H24F2N2O2. The third-order valence-corrected chi connectivity index (χ3v) is 5.20. The molecule has 2 aromatic carbocycles. The minimum absolute atomic E-state index is 0.00467. The molecule has 1 saturated heterocycles. The lowest BCUT2D eigenvalue weighted by Crippen LogP contribution is -2.57. The largest absolute Gasteiger partial charge is 0.465 e. The molecule has 6 heteroatoms. The summed E-state index contributed by atoms with van der Waals surface area (Å²) in [5, 5.41) is 9.38. The van der Waals surface area contributed by atoms with Crippen LogP contribution in [-0.2, 0) is 0 Å². The maximum atomic E-state index is 13.5. The molecule has 1 N–H and O–H groups in total. The van der Waals surface area contributed by atoms with E-state index >= 15 is 0 Å². The molecule has 0 bridgehead atoms. The molecule has 1 aliphatic rings. The number of carboxylic acid groups (broad SMARTS) is 1. The Balaban J connectivity index is 2.02. The van der Waals surface area contributed by atoms with Crippen LogP contribution in [0, 0.1) is 17.6 Å². The highest BCUT2D eigenvalue weighted by atomic mass is 19.1. The smallest absolute Gasteiger partial charge is 0.407 e. The van der Waals surface area contributed by atoms with Crippen molar-refractivity contribution in [2.45, 2.75) is 25.9 Å². The van der Waals surface area contributed by atoms with E-state index in [-0.39, 0.29) is 29.6 Å². The summed E-state index contributed by atoms with van der Waals surface area (Å²) in [5.41, 5.74) is 1.80. The maximum absolute atomic E-state index is 13.5. The van der Waals surface area contributed by atoms with Gasteiger partial charge in [-0.05, 0) is 41.3 Å². The Morgan fingerprint density at radius 1 is 0.963 bits per heavy atom. The molecule has 1 aliphatic heterocycles. The lowest BCUT2D eigenvalue weighted by atomic mass is 9.91. The van der Waals surface area contributed by atoms with E-state index in [1.165, 1.54) is 29.2 Å². The number of rotatable bonds is 4. The quantitative estimate of drug-likeness (QED) is 0.864. The van der Waals surface area contributed by atoms with Crippen molar-refractivity contribution < 1.29 is 18.7 Å². The molecule has 3 rings (SSSR count). The average Bonchev–Trinajstić information content (AvgIpc) is 2.65. The van der Waals surface area contributed by atoms with E-state index in [9.17, 15) is 18.7 Å². The second kappa shape index (κ2) is 8.05. The van der Waals surface area contributed by atoms with Crippen molar-refractivity contribution >= 4 is 6.09 Å². The van der Waals surface area contributed by atoms with E-state index in [4.69, 9.17) is 0 Å². The number of hydrogen-bond acceptors (Lipinski definition) is 2. The summed E-state index contributed by atoms with van der Waals surface area (Å²) >= 11 is 0. The summed E-state index contributed by atoms with van der Waals surface area (Å²) in [6.45, 7) is 5.49. The van der Waals surface area contributed by atoms with Crippen molar-refractivity contribution in [2.24, 2.45) is 5.92 Å². The van der Waals surface area contributed by atoms with Gasteiger partial charge in [0.15, 0.2) is 0 Å². The molecule has 1 amide bonds.